The van der Waals surface area contributed by atoms with Crippen LogP contribution in [0.15, 0.2) is 0 Å². The first-order chi connectivity index (χ1) is 9.00. The van der Waals surface area contributed by atoms with Crippen LogP contribution < -0.4 is 5.32 Å². The zero-order chi connectivity index (χ0) is 14.0. The average Bonchev–Trinajstić information content (AvgIpc) is 2.84. The fourth-order valence-corrected chi connectivity index (χ4v) is 3.29. The maximum absolute atomic E-state index is 12.2. The van der Waals surface area contributed by atoms with E-state index in [0.29, 0.717) is 24.8 Å². The van der Waals surface area contributed by atoms with E-state index in [1.807, 2.05) is 0 Å². The molecule has 0 aromatic carbocycles. The van der Waals surface area contributed by atoms with Crippen LogP contribution in [0, 0.1) is 11.8 Å². The second-order valence-corrected chi connectivity index (χ2v) is 6.01. The number of nitrogens with zero attached hydrogens (tertiary/aromatic N) is 1. The van der Waals surface area contributed by atoms with Gasteiger partial charge in [0.25, 0.3) is 0 Å². The first-order valence-electron chi connectivity index (χ1n) is 7.30. The number of likely N-dealkylation sites (tertiary alicyclic amines) is 1. The van der Waals surface area contributed by atoms with E-state index < -0.39 is 12.0 Å². The molecule has 0 aromatic heterocycles. The summed E-state index contributed by atoms with van der Waals surface area (Å²) in [5.41, 5.74) is 0. The lowest BCUT2D eigenvalue weighted by Crippen LogP contribution is -2.52. The minimum atomic E-state index is -0.891. The normalized spacial score (nSPS) is 35.2. The van der Waals surface area contributed by atoms with Gasteiger partial charge in [0.1, 0.15) is 6.04 Å². The number of hydrogen-bond donors (Lipinski definition) is 2. The third-order valence-electron chi connectivity index (χ3n) is 4.81. The van der Waals surface area contributed by atoms with Gasteiger partial charge >= 0.3 is 12.0 Å². The van der Waals surface area contributed by atoms with Crippen LogP contribution in [0.2, 0.25) is 0 Å². The van der Waals surface area contributed by atoms with E-state index in [1.165, 1.54) is 11.3 Å². The van der Waals surface area contributed by atoms with Gasteiger partial charge in [-0.25, -0.2) is 9.59 Å². The molecule has 5 nitrogen and oxygen atoms in total. The van der Waals surface area contributed by atoms with Crippen LogP contribution in [0.4, 0.5) is 4.79 Å². The number of carboxylic acids is 1. The van der Waals surface area contributed by atoms with E-state index in [4.69, 9.17) is 5.11 Å². The van der Waals surface area contributed by atoms with Crippen LogP contribution in [0.1, 0.15) is 46.0 Å². The van der Waals surface area contributed by atoms with Gasteiger partial charge in [-0.3, -0.25) is 0 Å². The van der Waals surface area contributed by atoms with E-state index in [1.54, 1.807) is 0 Å². The van der Waals surface area contributed by atoms with Crippen LogP contribution in [-0.4, -0.2) is 40.6 Å². The van der Waals surface area contributed by atoms with E-state index in [9.17, 15) is 9.59 Å². The first-order valence-corrected chi connectivity index (χ1v) is 7.30. The van der Waals surface area contributed by atoms with Crippen molar-refractivity contribution >= 4 is 12.0 Å². The highest BCUT2D eigenvalue weighted by atomic mass is 16.4. The lowest BCUT2D eigenvalue weighted by Gasteiger charge is -2.36. The fourth-order valence-electron chi connectivity index (χ4n) is 3.29. The molecule has 0 aromatic rings. The molecule has 1 aliphatic carbocycles. The van der Waals surface area contributed by atoms with Crippen LogP contribution in [0.25, 0.3) is 0 Å². The van der Waals surface area contributed by atoms with Crippen molar-refractivity contribution in [1.82, 2.24) is 10.2 Å². The number of carboxylic acid groups (broad SMARTS) is 1. The van der Waals surface area contributed by atoms with Gasteiger partial charge in [0.05, 0.1) is 0 Å². The van der Waals surface area contributed by atoms with Crippen molar-refractivity contribution in [1.29, 1.82) is 0 Å². The van der Waals surface area contributed by atoms with Gasteiger partial charge in [-0.05, 0) is 31.1 Å². The molecule has 1 aliphatic heterocycles. The zero-order valence-corrected chi connectivity index (χ0v) is 11.8. The SMILES string of the molecule is CC1CCCC(NC(=O)N2CCC[C@H]2C(=O)O)C1C. The van der Waals surface area contributed by atoms with E-state index in [2.05, 4.69) is 19.2 Å². The molecule has 0 bridgehead atoms. The Labute approximate surface area is 114 Å². The molecule has 5 heteroatoms. The van der Waals surface area contributed by atoms with Crippen LogP contribution in [0.3, 0.4) is 0 Å². The molecule has 2 aliphatic rings. The van der Waals surface area contributed by atoms with Crippen molar-refractivity contribution in [2.75, 3.05) is 6.54 Å². The Kier molecular flexibility index (Phi) is 4.32. The number of urea groups is 1. The van der Waals surface area contributed by atoms with Crippen molar-refractivity contribution in [3.8, 4) is 0 Å². The van der Waals surface area contributed by atoms with Crippen molar-refractivity contribution in [2.24, 2.45) is 11.8 Å². The largest absolute Gasteiger partial charge is 0.480 e. The predicted molar refractivity (Wildman–Crippen MR) is 71.9 cm³/mol. The standard InChI is InChI=1S/C14H24N2O3/c1-9-5-3-6-11(10(9)2)15-14(19)16-8-4-7-12(16)13(17)18/h9-12H,3-8H2,1-2H3,(H,15,19)(H,17,18)/t9?,10?,11?,12-/m0/s1. The van der Waals surface area contributed by atoms with Gasteiger partial charge in [-0.2, -0.15) is 0 Å². The Morgan fingerprint density at radius 2 is 1.89 bits per heavy atom. The smallest absolute Gasteiger partial charge is 0.326 e. The highest BCUT2D eigenvalue weighted by Crippen LogP contribution is 2.30. The molecule has 4 atom stereocenters. The topological polar surface area (TPSA) is 69.6 Å². The van der Waals surface area contributed by atoms with Gasteiger partial charge in [0.15, 0.2) is 0 Å². The highest BCUT2D eigenvalue weighted by Gasteiger charge is 2.36. The van der Waals surface area contributed by atoms with Crippen molar-refractivity contribution in [3.63, 3.8) is 0 Å². The average molecular weight is 268 g/mol. The summed E-state index contributed by atoms with van der Waals surface area (Å²) >= 11 is 0. The Bertz CT molecular complexity index is 359. The molecule has 1 saturated heterocycles. The number of carbonyl (C=O) groups is 2. The van der Waals surface area contributed by atoms with E-state index in [-0.39, 0.29) is 12.1 Å². The van der Waals surface area contributed by atoms with Gasteiger partial charge in [0, 0.05) is 12.6 Å². The quantitative estimate of drug-likeness (QED) is 0.805. The maximum Gasteiger partial charge on any atom is 0.326 e. The molecule has 0 radical (unpaired) electrons. The number of rotatable bonds is 2. The van der Waals surface area contributed by atoms with Crippen molar-refractivity contribution < 1.29 is 14.7 Å². The molecule has 3 unspecified atom stereocenters. The highest BCUT2D eigenvalue weighted by molar-refractivity contribution is 5.83. The molecule has 2 amide bonds. The Morgan fingerprint density at radius 1 is 1.16 bits per heavy atom. The number of nitrogens with one attached hydrogen (secondary N) is 1. The second-order valence-electron chi connectivity index (χ2n) is 6.01. The van der Waals surface area contributed by atoms with Gasteiger partial charge in [-0.15, -0.1) is 0 Å². The van der Waals surface area contributed by atoms with Gasteiger partial charge in [-0.1, -0.05) is 26.7 Å². The summed E-state index contributed by atoms with van der Waals surface area (Å²) in [6, 6.07) is -0.654. The summed E-state index contributed by atoms with van der Waals surface area (Å²) in [4.78, 5) is 24.8. The molecular formula is C14H24N2O3. The lowest BCUT2D eigenvalue weighted by atomic mass is 9.78. The minimum absolute atomic E-state index is 0.186. The summed E-state index contributed by atoms with van der Waals surface area (Å²) in [6.45, 7) is 4.95. The molecule has 1 saturated carbocycles. The molecular weight excluding hydrogens is 244 g/mol. The summed E-state index contributed by atoms with van der Waals surface area (Å²) in [7, 11) is 0. The van der Waals surface area contributed by atoms with Crippen LogP contribution in [-0.2, 0) is 4.79 Å². The summed E-state index contributed by atoms with van der Waals surface area (Å²) in [5.74, 6) is 0.189. The van der Waals surface area contributed by atoms with Gasteiger partial charge < -0.3 is 15.3 Å². The number of amides is 2. The minimum Gasteiger partial charge on any atom is -0.480 e. The third kappa shape index (κ3) is 3.01. The molecule has 1 heterocycles. The maximum atomic E-state index is 12.2. The van der Waals surface area contributed by atoms with Crippen molar-refractivity contribution in [2.45, 2.75) is 58.0 Å². The zero-order valence-electron chi connectivity index (χ0n) is 11.8. The summed E-state index contributed by atoms with van der Waals surface area (Å²) < 4.78 is 0. The molecule has 108 valence electrons. The first kappa shape index (κ1) is 14.2. The van der Waals surface area contributed by atoms with E-state index >= 15 is 0 Å². The molecule has 2 N–H and O–H groups in total. The number of carbonyl (C=O) groups excluding carboxylic acids is 1. The Morgan fingerprint density at radius 3 is 2.58 bits per heavy atom. The number of aliphatic carboxylic acids is 1. The van der Waals surface area contributed by atoms with Crippen molar-refractivity contribution in [3.05, 3.63) is 0 Å². The molecule has 2 fully saturated rings. The molecule has 19 heavy (non-hydrogen) atoms. The third-order valence-corrected chi connectivity index (χ3v) is 4.81. The van der Waals surface area contributed by atoms with E-state index in [0.717, 1.165) is 19.3 Å². The Balaban J connectivity index is 1.95. The molecule has 2 rings (SSSR count). The Hall–Kier alpha value is -1.26. The summed E-state index contributed by atoms with van der Waals surface area (Å²) in [6.07, 6.45) is 4.71. The van der Waals surface area contributed by atoms with Crippen LogP contribution >= 0.6 is 0 Å². The predicted octanol–water partition coefficient (Wildman–Crippen LogP) is 2.07. The van der Waals surface area contributed by atoms with Gasteiger partial charge in [0.2, 0.25) is 0 Å². The summed E-state index contributed by atoms with van der Waals surface area (Å²) in [5, 5.41) is 12.2. The monoisotopic (exact) mass is 268 g/mol. The molecule has 0 spiro atoms. The van der Waals surface area contributed by atoms with Crippen LogP contribution in [0.5, 0.6) is 0 Å². The fraction of sp³-hybridized carbons (Fsp3) is 0.857. The number of hydrogen-bond acceptors (Lipinski definition) is 2. The second kappa shape index (κ2) is 5.80. The lowest BCUT2D eigenvalue weighted by molar-refractivity contribution is -0.141.